The monoisotopic (exact) mass is 379 g/mol. The fourth-order valence-electron chi connectivity index (χ4n) is 3.30. The summed E-state index contributed by atoms with van der Waals surface area (Å²) in [4.78, 5) is 41.5. The van der Waals surface area contributed by atoms with Crippen LogP contribution in [0.5, 0.6) is 0 Å². The lowest BCUT2D eigenvalue weighted by atomic mass is 9.95. The number of anilines is 1. The van der Waals surface area contributed by atoms with Crippen LogP contribution in [0.1, 0.15) is 49.7 Å². The summed E-state index contributed by atoms with van der Waals surface area (Å²) in [5.74, 6) is -1.15. The van der Waals surface area contributed by atoms with Crippen LogP contribution in [0.25, 0.3) is 0 Å². The standard InChI is InChI=1S/C21H21N3O4/c1-4-21(2,3)24(20(27)17-6-5-11-28-17)16-12-18(25)23(19(16)26)15-9-7-14(13-22)8-10-15/h5-11,16H,4,12H2,1-3H3. The summed E-state index contributed by atoms with van der Waals surface area (Å²) in [6.45, 7) is 5.63. The zero-order valence-corrected chi connectivity index (χ0v) is 16.0. The van der Waals surface area contributed by atoms with E-state index in [1.54, 1.807) is 36.4 Å². The highest BCUT2D eigenvalue weighted by atomic mass is 16.3. The van der Waals surface area contributed by atoms with Crippen molar-refractivity contribution in [2.45, 2.75) is 45.2 Å². The van der Waals surface area contributed by atoms with Gasteiger partial charge in [-0.3, -0.25) is 14.4 Å². The number of carbonyl (C=O) groups is 3. The van der Waals surface area contributed by atoms with Crippen molar-refractivity contribution < 1.29 is 18.8 Å². The van der Waals surface area contributed by atoms with Gasteiger partial charge in [0, 0.05) is 5.54 Å². The number of furan rings is 1. The third-order valence-electron chi connectivity index (χ3n) is 5.16. The van der Waals surface area contributed by atoms with Crippen molar-refractivity contribution in [3.63, 3.8) is 0 Å². The van der Waals surface area contributed by atoms with E-state index in [0.717, 1.165) is 4.90 Å². The molecule has 1 aromatic heterocycles. The first kappa shape index (κ1) is 19.4. The lowest BCUT2D eigenvalue weighted by Crippen LogP contribution is -2.55. The third-order valence-corrected chi connectivity index (χ3v) is 5.16. The Labute approximate surface area is 163 Å². The second-order valence-electron chi connectivity index (χ2n) is 7.26. The Morgan fingerprint density at radius 2 is 1.96 bits per heavy atom. The SMILES string of the molecule is CCC(C)(C)N(C(=O)c1ccco1)C1CC(=O)N(c2ccc(C#N)cc2)C1=O. The Bertz CT molecular complexity index is 939. The highest BCUT2D eigenvalue weighted by Gasteiger charge is 2.48. The molecular weight excluding hydrogens is 358 g/mol. The van der Waals surface area contributed by atoms with Gasteiger partial charge >= 0.3 is 0 Å². The summed E-state index contributed by atoms with van der Waals surface area (Å²) < 4.78 is 5.24. The van der Waals surface area contributed by atoms with Crippen LogP contribution in [0.2, 0.25) is 0 Å². The smallest absolute Gasteiger partial charge is 0.290 e. The molecule has 7 heteroatoms. The molecule has 0 spiro atoms. The molecule has 0 bridgehead atoms. The minimum absolute atomic E-state index is 0.102. The number of amides is 3. The lowest BCUT2D eigenvalue weighted by Gasteiger charge is -2.40. The molecule has 2 heterocycles. The molecule has 1 saturated heterocycles. The average Bonchev–Trinajstić information content (AvgIpc) is 3.31. The van der Waals surface area contributed by atoms with E-state index in [9.17, 15) is 14.4 Å². The molecule has 0 radical (unpaired) electrons. The molecule has 0 saturated carbocycles. The van der Waals surface area contributed by atoms with E-state index in [0.29, 0.717) is 17.7 Å². The maximum absolute atomic E-state index is 13.2. The van der Waals surface area contributed by atoms with Crippen LogP contribution in [0.4, 0.5) is 5.69 Å². The van der Waals surface area contributed by atoms with Crippen molar-refractivity contribution in [1.29, 1.82) is 5.26 Å². The Morgan fingerprint density at radius 1 is 1.29 bits per heavy atom. The van der Waals surface area contributed by atoms with Gasteiger partial charge in [0.2, 0.25) is 5.91 Å². The van der Waals surface area contributed by atoms with Crippen LogP contribution in [0.15, 0.2) is 47.1 Å². The van der Waals surface area contributed by atoms with Crippen molar-refractivity contribution in [2.75, 3.05) is 4.90 Å². The number of hydrogen-bond acceptors (Lipinski definition) is 5. The molecule has 7 nitrogen and oxygen atoms in total. The second-order valence-corrected chi connectivity index (χ2v) is 7.26. The maximum atomic E-state index is 13.2. The number of benzene rings is 1. The summed E-state index contributed by atoms with van der Waals surface area (Å²) in [6.07, 6.45) is 1.89. The molecule has 144 valence electrons. The number of carbonyl (C=O) groups excluding carboxylic acids is 3. The topological polar surface area (TPSA) is 94.6 Å². The van der Waals surface area contributed by atoms with Gasteiger partial charge in [-0.25, -0.2) is 4.90 Å². The normalized spacial score (nSPS) is 16.9. The second kappa shape index (κ2) is 7.31. The summed E-state index contributed by atoms with van der Waals surface area (Å²) in [5.41, 5.74) is 0.155. The maximum Gasteiger partial charge on any atom is 0.290 e. The Kier molecular flexibility index (Phi) is 5.06. The highest BCUT2D eigenvalue weighted by Crippen LogP contribution is 2.32. The predicted octanol–water partition coefficient (Wildman–Crippen LogP) is 3.11. The van der Waals surface area contributed by atoms with Crippen LogP contribution >= 0.6 is 0 Å². The quantitative estimate of drug-likeness (QED) is 0.744. The zero-order chi connectivity index (χ0) is 20.5. The van der Waals surface area contributed by atoms with Crippen LogP contribution in [0, 0.1) is 11.3 Å². The Morgan fingerprint density at radius 3 is 2.50 bits per heavy atom. The molecule has 1 unspecified atom stereocenters. The van der Waals surface area contributed by atoms with E-state index in [-0.39, 0.29) is 18.1 Å². The predicted molar refractivity (Wildman–Crippen MR) is 101 cm³/mol. The van der Waals surface area contributed by atoms with Crippen molar-refractivity contribution >= 4 is 23.4 Å². The van der Waals surface area contributed by atoms with Gasteiger partial charge in [-0.15, -0.1) is 0 Å². The molecule has 3 rings (SSSR count). The van der Waals surface area contributed by atoms with Gasteiger partial charge in [0.05, 0.1) is 30.0 Å². The molecule has 1 aliphatic rings. The molecular formula is C21H21N3O4. The lowest BCUT2D eigenvalue weighted by molar-refractivity contribution is -0.123. The third kappa shape index (κ3) is 3.29. The van der Waals surface area contributed by atoms with E-state index in [1.165, 1.54) is 11.2 Å². The highest BCUT2D eigenvalue weighted by molar-refractivity contribution is 6.23. The van der Waals surface area contributed by atoms with Gasteiger partial charge < -0.3 is 9.32 Å². The van der Waals surface area contributed by atoms with E-state index in [4.69, 9.17) is 9.68 Å². The molecule has 0 N–H and O–H groups in total. The van der Waals surface area contributed by atoms with Crippen LogP contribution < -0.4 is 4.90 Å². The van der Waals surface area contributed by atoms with E-state index in [1.807, 2.05) is 26.8 Å². The number of hydrogen-bond donors (Lipinski definition) is 0. The Hall–Kier alpha value is -3.40. The van der Waals surface area contributed by atoms with Gasteiger partial charge in [0.1, 0.15) is 6.04 Å². The summed E-state index contributed by atoms with van der Waals surface area (Å²) in [7, 11) is 0. The van der Waals surface area contributed by atoms with Crippen LogP contribution in [-0.2, 0) is 9.59 Å². The van der Waals surface area contributed by atoms with Crippen molar-refractivity contribution in [1.82, 2.24) is 4.90 Å². The van der Waals surface area contributed by atoms with E-state index in [2.05, 4.69) is 0 Å². The first-order chi connectivity index (χ1) is 13.3. The number of nitriles is 1. The number of nitrogens with zero attached hydrogens (tertiary/aromatic N) is 3. The van der Waals surface area contributed by atoms with Gasteiger partial charge in [0.25, 0.3) is 11.8 Å². The zero-order valence-electron chi connectivity index (χ0n) is 16.0. The summed E-state index contributed by atoms with van der Waals surface area (Å²) in [5, 5.41) is 8.93. The van der Waals surface area contributed by atoms with E-state index < -0.39 is 23.4 Å². The van der Waals surface area contributed by atoms with Crippen LogP contribution in [0.3, 0.4) is 0 Å². The molecule has 1 aromatic carbocycles. The fraction of sp³-hybridized carbons (Fsp3) is 0.333. The largest absolute Gasteiger partial charge is 0.459 e. The van der Waals surface area contributed by atoms with Crippen molar-refractivity contribution in [3.05, 3.63) is 54.0 Å². The molecule has 1 aliphatic heterocycles. The average molecular weight is 379 g/mol. The van der Waals surface area contributed by atoms with Crippen molar-refractivity contribution in [3.8, 4) is 6.07 Å². The van der Waals surface area contributed by atoms with Gasteiger partial charge in [-0.1, -0.05) is 6.92 Å². The van der Waals surface area contributed by atoms with Gasteiger partial charge in [-0.2, -0.15) is 5.26 Å². The molecule has 3 amide bonds. The van der Waals surface area contributed by atoms with Crippen LogP contribution in [-0.4, -0.2) is 34.2 Å². The molecule has 1 atom stereocenters. The molecule has 1 fully saturated rings. The minimum atomic E-state index is -0.921. The number of rotatable bonds is 5. The number of imide groups is 1. The molecule has 2 aromatic rings. The van der Waals surface area contributed by atoms with Crippen molar-refractivity contribution in [2.24, 2.45) is 0 Å². The fourth-order valence-corrected chi connectivity index (χ4v) is 3.30. The molecule has 0 aliphatic carbocycles. The first-order valence-corrected chi connectivity index (χ1v) is 9.04. The summed E-state index contributed by atoms with van der Waals surface area (Å²) in [6, 6.07) is 10.4. The van der Waals surface area contributed by atoms with E-state index >= 15 is 0 Å². The molecule has 28 heavy (non-hydrogen) atoms. The minimum Gasteiger partial charge on any atom is -0.459 e. The van der Waals surface area contributed by atoms with Gasteiger partial charge in [0.15, 0.2) is 5.76 Å². The van der Waals surface area contributed by atoms with Gasteiger partial charge in [-0.05, 0) is 56.7 Å². The first-order valence-electron chi connectivity index (χ1n) is 9.04. The Balaban J connectivity index is 1.97. The summed E-state index contributed by atoms with van der Waals surface area (Å²) >= 11 is 0.